The molecule has 0 saturated carbocycles. The molecule has 2 aliphatic rings. The average molecular weight is 423 g/mol. The van der Waals surface area contributed by atoms with Gasteiger partial charge in [-0.1, -0.05) is 18.1 Å². The SMILES string of the molecule is CCc1nc2c(-c3noc(C4CCN(C5CCN(C(C)=O)CC5)CC4)n3)cccc2[nH]1. The van der Waals surface area contributed by atoms with E-state index in [0.717, 1.165) is 86.6 Å². The third kappa shape index (κ3) is 3.96. The fourth-order valence-corrected chi connectivity index (χ4v) is 5.00. The molecule has 8 nitrogen and oxygen atoms in total. The van der Waals surface area contributed by atoms with Gasteiger partial charge in [0.1, 0.15) is 5.82 Å². The second-order valence-corrected chi connectivity index (χ2v) is 8.74. The molecular weight excluding hydrogens is 392 g/mol. The van der Waals surface area contributed by atoms with Gasteiger partial charge in [-0.2, -0.15) is 4.98 Å². The van der Waals surface area contributed by atoms with E-state index in [-0.39, 0.29) is 5.91 Å². The van der Waals surface area contributed by atoms with E-state index in [1.165, 1.54) is 0 Å². The number of hydrogen-bond acceptors (Lipinski definition) is 6. The van der Waals surface area contributed by atoms with E-state index >= 15 is 0 Å². The van der Waals surface area contributed by atoms with Crippen LogP contribution < -0.4 is 0 Å². The maximum atomic E-state index is 11.6. The van der Waals surface area contributed by atoms with Crippen molar-refractivity contribution in [2.45, 2.75) is 57.9 Å². The molecule has 3 aromatic rings. The molecular formula is C23H30N6O2. The monoisotopic (exact) mass is 422 g/mol. The molecule has 31 heavy (non-hydrogen) atoms. The normalized spacial score (nSPS) is 19.4. The van der Waals surface area contributed by atoms with Crippen LogP contribution in [0, 0.1) is 0 Å². The minimum absolute atomic E-state index is 0.195. The number of aryl methyl sites for hydroxylation is 1. The van der Waals surface area contributed by atoms with Gasteiger partial charge in [0.25, 0.3) is 0 Å². The van der Waals surface area contributed by atoms with E-state index in [4.69, 9.17) is 14.5 Å². The van der Waals surface area contributed by atoms with Gasteiger partial charge in [-0.25, -0.2) is 4.98 Å². The lowest BCUT2D eigenvalue weighted by Crippen LogP contribution is -2.48. The number of piperidine rings is 2. The second-order valence-electron chi connectivity index (χ2n) is 8.74. The molecule has 0 radical (unpaired) electrons. The van der Waals surface area contributed by atoms with Crippen molar-refractivity contribution in [2.24, 2.45) is 0 Å². The zero-order valence-electron chi connectivity index (χ0n) is 18.3. The fraction of sp³-hybridized carbons (Fsp3) is 0.565. The fourth-order valence-electron chi connectivity index (χ4n) is 5.00. The zero-order valence-corrected chi connectivity index (χ0v) is 18.3. The van der Waals surface area contributed by atoms with Crippen molar-refractivity contribution in [2.75, 3.05) is 26.2 Å². The molecule has 5 rings (SSSR count). The van der Waals surface area contributed by atoms with Gasteiger partial charge in [-0.15, -0.1) is 0 Å². The van der Waals surface area contributed by atoms with Gasteiger partial charge in [-0.05, 0) is 50.9 Å². The molecule has 2 aromatic heterocycles. The maximum Gasteiger partial charge on any atom is 0.230 e. The first kappa shape index (κ1) is 20.2. The summed E-state index contributed by atoms with van der Waals surface area (Å²) in [6, 6.07) is 6.62. The average Bonchev–Trinajstić information content (AvgIpc) is 3.46. The largest absolute Gasteiger partial charge is 0.343 e. The van der Waals surface area contributed by atoms with E-state index in [2.05, 4.69) is 22.0 Å². The van der Waals surface area contributed by atoms with Gasteiger partial charge in [0, 0.05) is 38.4 Å². The van der Waals surface area contributed by atoms with E-state index < -0.39 is 0 Å². The first-order chi connectivity index (χ1) is 15.1. The van der Waals surface area contributed by atoms with Gasteiger partial charge in [0.05, 0.1) is 16.6 Å². The molecule has 1 N–H and O–H groups in total. The van der Waals surface area contributed by atoms with Crippen LogP contribution in [-0.4, -0.2) is 68.0 Å². The first-order valence-electron chi connectivity index (χ1n) is 11.4. The maximum absolute atomic E-state index is 11.6. The number of aromatic nitrogens is 4. The lowest BCUT2D eigenvalue weighted by atomic mass is 9.93. The number of carbonyl (C=O) groups excluding carboxylic acids is 1. The number of para-hydroxylation sites is 1. The number of likely N-dealkylation sites (tertiary alicyclic amines) is 2. The number of fused-ring (bicyclic) bond motifs is 1. The molecule has 2 fully saturated rings. The van der Waals surface area contributed by atoms with Gasteiger partial charge in [-0.3, -0.25) is 4.79 Å². The Labute approximate surface area is 182 Å². The summed E-state index contributed by atoms with van der Waals surface area (Å²) in [6.07, 6.45) is 5.06. The molecule has 2 saturated heterocycles. The van der Waals surface area contributed by atoms with Crippen LogP contribution in [-0.2, 0) is 11.2 Å². The first-order valence-corrected chi connectivity index (χ1v) is 11.4. The molecule has 1 aromatic carbocycles. The van der Waals surface area contributed by atoms with Crippen molar-refractivity contribution in [3.05, 3.63) is 29.9 Å². The number of H-pyrrole nitrogens is 1. The van der Waals surface area contributed by atoms with Crippen LogP contribution in [0.1, 0.15) is 57.2 Å². The highest BCUT2D eigenvalue weighted by molar-refractivity contribution is 5.89. The molecule has 4 heterocycles. The summed E-state index contributed by atoms with van der Waals surface area (Å²) in [7, 11) is 0. The van der Waals surface area contributed by atoms with Crippen LogP contribution in [0.15, 0.2) is 22.7 Å². The second kappa shape index (κ2) is 8.42. The molecule has 0 unspecified atom stereocenters. The Bertz CT molecular complexity index is 1060. The molecule has 0 aliphatic carbocycles. The number of nitrogens with one attached hydrogen (secondary N) is 1. The Balaban J connectivity index is 1.24. The van der Waals surface area contributed by atoms with Crippen LogP contribution in [0.5, 0.6) is 0 Å². The van der Waals surface area contributed by atoms with Gasteiger partial charge in [0.15, 0.2) is 0 Å². The topological polar surface area (TPSA) is 91.2 Å². The number of hydrogen-bond donors (Lipinski definition) is 1. The summed E-state index contributed by atoms with van der Waals surface area (Å²) in [5.41, 5.74) is 2.82. The molecule has 1 amide bonds. The Morgan fingerprint density at radius 2 is 1.90 bits per heavy atom. The number of benzene rings is 1. The number of carbonyl (C=O) groups is 1. The predicted octanol–water partition coefficient (Wildman–Crippen LogP) is 3.37. The summed E-state index contributed by atoms with van der Waals surface area (Å²) in [5.74, 6) is 2.82. The molecule has 0 atom stereocenters. The van der Waals surface area contributed by atoms with Crippen LogP contribution in [0.4, 0.5) is 0 Å². The van der Waals surface area contributed by atoms with Crippen LogP contribution in [0.25, 0.3) is 22.4 Å². The third-order valence-electron chi connectivity index (χ3n) is 6.88. The molecule has 0 bridgehead atoms. The zero-order chi connectivity index (χ0) is 21.4. The summed E-state index contributed by atoms with van der Waals surface area (Å²) < 4.78 is 5.70. The number of imidazole rings is 1. The van der Waals surface area contributed by atoms with Gasteiger partial charge >= 0.3 is 0 Å². The summed E-state index contributed by atoms with van der Waals surface area (Å²) in [5, 5.41) is 4.29. The van der Waals surface area contributed by atoms with E-state index in [1.807, 2.05) is 23.1 Å². The highest BCUT2D eigenvalue weighted by atomic mass is 16.5. The highest BCUT2D eigenvalue weighted by Crippen LogP contribution is 2.32. The van der Waals surface area contributed by atoms with E-state index in [1.54, 1.807) is 6.92 Å². The Morgan fingerprint density at radius 3 is 2.61 bits per heavy atom. The minimum Gasteiger partial charge on any atom is -0.343 e. The third-order valence-corrected chi connectivity index (χ3v) is 6.88. The van der Waals surface area contributed by atoms with Crippen molar-refractivity contribution >= 4 is 16.9 Å². The Hall–Kier alpha value is -2.74. The van der Waals surface area contributed by atoms with Gasteiger partial charge in [0.2, 0.25) is 17.6 Å². The lowest BCUT2D eigenvalue weighted by Gasteiger charge is -2.41. The number of nitrogens with zero attached hydrogens (tertiary/aromatic N) is 5. The van der Waals surface area contributed by atoms with Crippen molar-refractivity contribution < 1.29 is 9.32 Å². The standard InChI is InChI=1S/C23H30N6O2/c1-3-20-24-19-6-4-5-18(21(19)25-20)22-26-23(31-27-22)16-7-11-29(12-8-16)17-9-13-28(14-10-17)15(2)30/h4-6,16-17H,3,7-14H2,1-2H3,(H,24,25). The Morgan fingerprint density at radius 1 is 1.13 bits per heavy atom. The van der Waals surface area contributed by atoms with E-state index in [0.29, 0.717) is 17.8 Å². The number of aromatic amines is 1. The van der Waals surface area contributed by atoms with Crippen molar-refractivity contribution in [3.63, 3.8) is 0 Å². The quantitative estimate of drug-likeness (QED) is 0.693. The Kier molecular flexibility index (Phi) is 5.48. The van der Waals surface area contributed by atoms with Crippen LogP contribution >= 0.6 is 0 Å². The van der Waals surface area contributed by atoms with Gasteiger partial charge < -0.3 is 19.3 Å². The lowest BCUT2D eigenvalue weighted by molar-refractivity contribution is -0.130. The van der Waals surface area contributed by atoms with Crippen LogP contribution in [0.2, 0.25) is 0 Å². The minimum atomic E-state index is 0.195. The number of amides is 1. The molecule has 2 aliphatic heterocycles. The highest BCUT2D eigenvalue weighted by Gasteiger charge is 2.31. The predicted molar refractivity (Wildman–Crippen MR) is 118 cm³/mol. The molecule has 0 spiro atoms. The number of rotatable bonds is 4. The molecule has 8 heteroatoms. The summed E-state index contributed by atoms with van der Waals surface area (Å²) in [6.45, 7) is 7.60. The van der Waals surface area contributed by atoms with Crippen molar-refractivity contribution in [1.82, 2.24) is 29.9 Å². The molecule has 164 valence electrons. The smallest absolute Gasteiger partial charge is 0.230 e. The summed E-state index contributed by atoms with van der Waals surface area (Å²) in [4.78, 5) is 28.9. The van der Waals surface area contributed by atoms with E-state index in [9.17, 15) is 4.79 Å². The van der Waals surface area contributed by atoms with Crippen molar-refractivity contribution in [3.8, 4) is 11.4 Å². The summed E-state index contributed by atoms with van der Waals surface area (Å²) >= 11 is 0. The van der Waals surface area contributed by atoms with Crippen LogP contribution in [0.3, 0.4) is 0 Å². The van der Waals surface area contributed by atoms with Crippen molar-refractivity contribution in [1.29, 1.82) is 0 Å².